The molecule has 0 aliphatic rings. The molecule has 0 heterocycles. The van der Waals surface area contributed by atoms with Gasteiger partial charge in [0.05, 0.1) is 0 Å². The van der Waals surface area contributed by atoms with E-state index >= 15 is 0 Å². The van der Waals surface area contributed by atoms with E-state index in [2.05, 4.69) is 15.9 Å². The SMILES string of the molecule is NCc1ccc(Br)cc1Oc1cccc(F)c1F. The molecule has 0 unspecified atom stereocenters. The van der Waals surface area contributed by atoms with Crippen LogP contribution in [0.15, 0.2) is 40.9 Å². The van der Waals surface area contributed by atoms with E-state index in [-0.39, 0.29) is 12.3 Å². The van der Waals surface area contributed by atoms with E-state index in [0.29, 0.717) is 11.3 Å². The van der Waals surface area contributed by atoms with Crippen LogP contribution in [0, 0.1) is 11.6 Å². The van der Waals surface area contributed by atoms with Gasteiger partial charge in [0.15, 0.2) is 11.6 Å². The topological polar surface area (TPSA) is 35.2 Å². The second-order valence-corrected chi connectivity index (χ2v) is 4.53. The molecule has 5 heteroatoms. The Hall–Kier alpha value is -1.46. The van der Waals surface area contributed by atoms with Crippen molar-refractivity contribution in [3.8, 4) is 11.5 Å². The van der Waals surface area contributed by atoms with Crippen molar-refractivity contribution < 1.29 is 13.5 Å². The smallest absolute Gasteiger partial charge is 0.201 e. The standard InChI is InChI=1S/C13H10BrF2NO/c14-9-5-4-8(7-17)12(6-9)18-11-3-1-2-10(15)13(11)16/h1-6H,7,17H2. The van der Waals surface area contributed by atoms with Gasteiger partial charge in [0.2, 0.25) is 5.82 Å². The first kappa shape index (κ1) is 13.0. The lowest BCUT2D eigenvalue weighted by molar-refractivity contribution is 0.413. The van der Waals surface area contributed by atoms with Crippen LogP contribution in [0.5, 0.6) is 11.5 Å². The molecule has 0 radical (unpaired) electrons. The minimum Gasteiger partial charge on any atom is -0.454 e. The lowest BCUT2D eigenvalue weighted by Gasteiger charge is -2.11. The summed E-state index contributed by atoms with van der Waals surface area (Å²) in [6.07, 6.45) is 0. The van der Waals surface area contributed by atoms with Gasteiger partial charge in [-0.3, -0.25) is 0 Å². The number of nitrogens with two attached hydrogens (primary N) is 1. The summed E-state index contributed by atoms with van der Waals surface area (Å²) >= 11 is 3.28. The highest BCUT2D eigenvalue weighted by Crippen LogP contribution is 2.30. The number of benzene rings is 2. The Morgan fingerprint density at radius 3 is 2.61 bits per heavy atom. The first-order chi connectivity index (χ1) is 8.61. The highest BCUT2D eigenvalue weighted by molar-refractivity contribution is 9.10. The minimum absolute atomic E-state index is 0.164. The molecule has 2 aromatic rings. The van der Waals surface area contributed by atoms with Gasteiger partial charge in [0.1, 0.15) is 5.75 Å². The van der Waals surface area contributed by atoms with Crippen LogP contribution in [0.4, 0.5) is 8.78 Å². The summed E-state index contributed by atoms with van der Waals surface area (Å²) in [4.78, 5) is 0. The zero-order chi connectivity index (χ0) is 13.1. The highest BCUT2D eigenvalue weighted by atomic mass is 79.9. The van der Waals surface area contributed by atoms with Crippen LogP contribution < -0.4 is 10.5 Å². The van der Waals surface area contributed by atoms with E-state index in [1.807, 2.05) is 0 Å². The van der Waals surface area contributed by atoms with Gasteiger partial charge in [0.25, 0.3) is 0 Å². The summed E-state index contributed by atoms with van der Waals surface area (Å²) in [6, 6.07) is 9.00. The van der Waals surface area contributed by atoms with Crippen molar-refractivity contribution in [2.24, 2.45) is 5.73 Å². The normalized spacial score (nSPS) is 10.4. The largest absolute Gasteiger partial charge is 0.454 e. The van der Waals surface area contributed by atoms with Crippen molar-refractivity contribution >= 4 is 15.9 Å². The van der Waals surface area contributed by atoms with E-state index in [9.17, 15) is 8.78 Å². The third kappa shape index (κ3) is 2.68. The summed E-state index contributed by atoms with van der Waals surface area (Å²) in [5.41, 5.74) is 6.27. The van der Waals surface area contributed by atoms with Crippen LogP contribution in [-0.4, -0.2) is 0 Å². The second kappa shape index (κ2) is 5.46. The molecular formula is C13H10BrF2NO. The van der Waals surface area contributed by atoms with E-state index in [1.165, 1.54) is 12.1 Å². The van der Waals surface area contributed by atoms with Crippen molar-refractivity contribution in [2.75, 3.05) is 0 Å². The summed E-state index contributed by atoms with van der Waals surface area (Å²) in [5, 5.41) is 0. The van der Waals surface area contributed by atoms with Gasteiger partial charge in [0, 0.05) is 16.6 Å². The van der Waals surface area contributed by atoms with E-state index in [1.54, 1.807) is 18.2 Å². The van der Waals surface area contributed by atoms with Crippen molar-refractivity contribution in [3.05, 3.63) is 58.1 Å². The maximum absolute atomic E-state index is 13.5. The molecule has 2 rings (SSSR count). The van der Waals surface area contributed by atoms with Crippen molar-refractivity contribution in [1.29, 1.82) is 0 Å². The molecule has 94 valence electrons. The Labute approximate surface area is 112 Å². The zero-order valence-corrected chi connectivity index (χ0v) is 10.9. The fourth-order valence-corrected chi connectivity index (χ4v) is 1.81. The maximum atomic E-state index is 13.5. The molecule has 2 nitrogen and oxygen atoms in total. The maximum Gasteiger partial charge on any atom is 0.201 e. The van der Waals surface area contributed by atoms with Crippen molar-refractivity contribution in [3.63, 3.8) is 0 Å². The average molecular weight is 314 g/mol. The summed E-state index contributed by atoms with van der Waals surface area (Å²) < 4.78 is 32.7. The van der Waals surface area contributed by atoms with Gasteiger partial charge < -0.3 is 10.5 Å². The molecule has 2 N–H and O–H groups in total. The Bertz CT molecular complexity index is 575. The highest BCUT2D eigenvalue weighted by Gasteiger charge is 2.11. The number of halogens is 3. The molecule has 0 atom stereocenters. The van der Waals surface area contributed by atoms with Crippen LogP contribution in [0.2, 0.25) is 0 Å². The molecule has 0 aliphatic heterocycles. The Balaban J connectivity index is 2.39. The van der Waals surface area contributed by atoms with Gasteiger partial charge in [-0.25, -0.2) is 4.39 Å². The molecule has 0 bridgehead atoms. The van der Waals surface area contributed by atoms with Gasteiger partial charge in [-0.05, 0) is 24.3 Å². The predicted octanol–water partition coefficient (Wildman–Crippen LogP) is 3.98. The Kier molecular flexibility index (Phi) is 3.93. The molecule has 0 amide bonds. The molecule has 0 spiro atoms. The summed E-state index contributed by atoms with van der Waals surface area (Å²) in [7, 11) is 0. The number of ether oxygens (including phenoxy) is 1. The molecule has 0 aromatic heterocycles. The summed E-state index contributed by atoms with van der Waals surface area (Å²) in [6.45, 7) is 0.250. The Morgan fingerprint density at radius 2 is 1.89 bits per heavy atom. The van der Waals surface area contributed by atoms with Gasteiger partial charge in [-0.15, -0.1) is 0 Å². The van der Waals surface area contributed by atoms with Crippen LogP contribution >= 0.6 is 15.9 Å². The second-order valence-electron chi connectivity index (χ2n) is 3.61. The zero-order valence-electron chi connectivity index (χ0n) is 9.29. The molecule has 0 fully saturated rings. The molecule has 0 aliphatic carbocycles. The number of hydrogen-bond acceptors (Lipinski definition) is 2. The predicted molar refractivity (Wildman–Crippen MR) is 68.5 cm³/mol. The average Bonchev–Trinajstić information content (AvgIpc) is 2.35. The fourth-order valence-electron chi connectivity index (χ4n) is 1.47. The van der Waals surface area contributed by atoms with Crippen molar-refractivity contribution in [1.82, 2.24) is 0 Å². The third-order valence-corrected chi connectivity index (χ3v) is 2.88. The van der Waals surface area contributed by atoms with E-state index in [0.717, 1.165) is 10.5 Å². The monoisotopic (exact) mass is 313 g/mol. The summed E-state index contributed by atoms with van der Waals surface area (Å²) in [5.74, 6) is -1.73. The van der Waals surface area contributed by atoms with Crippen molar-refractivity contribution in [2.45, 2.75) is 6.54 Å². The molecular weight excluding hydrogens is 304 g/mol. The van der Waals surface area contributed by atoms with Gasteiger partial charge >= 0.3 is 0 Å². The molecule has 0 saturated heterocycles. The Morgan fingerprint density at radius 1 is 1.11 bits per heavy atom. The molecule has 2 aromatic carbocycles. The first-order valence-electron chi connectivity index (χ1n) is 5.22. The molecule has 18 heavy (non-hydrogen) atoms. The van der Waals surface area contributed by atoms with Gasteiger partial charge in [-0.2, -0.15) is 4.39 Å². The number of hydrogen-bond donors (Lipinski definition) is 1. The van der Waals surface area contributed by atoms with Crippen LogP contribution in [0.1, 0.15) is 5.56 Å². The lowest BCUT2D eigenvalue weighted by atomic mass is 10.2. The first-order valence-corrected chi connectivity index (χ1v) is 6.01. The number of rotatable bonds is 3. The van der Waals surface area contributed by atoms with E-state index in [4.69, 9.17) is 10.5 Å². The van der Waals surface area contributed by atoms with Gasteiger partial charge in [-0.1, -0.05) is 28.1 Å². The third-order valence-electron chi connectivity index (χ3n) is 2.39. The quantitative estimate of drug-likeness (QED) is 0.930. The van der Waals surface area contributed by atoms with Crippen LogP contribution in [-0.2, 0) is 6.54 Å². The van der Waals surface area contributed by atoms with E-state index < -0.39 is 11.6 Å². The minimum atomic E-state index is -1.01. The van der Waals surface area contributed by atoms with Crippen LogP contribution in [0.3, 0.4) is 0 Å². The molecule has 0 saturated carbocycles. The van der Waals surface area contributed by atoms with Crippen LogP contribution in [0.25, 0.3) is 0 Å². The fraction of sp³-hybridized carbons (Fsp3) is 0.0769. The lowest BCUT2D eigenvalue weighted by Crippen LogP contribution is -2.00.